The maximum absolute atomic E-state index is 12.0. The fraction of sp³-hybridized carbons (Fsp3) is 0.444. The van der Waals surface area contributed by atoms with Gasteiger partial charge in [0.1, 0.15) is 13.2 Å². The fourth-order valence-corrected chi connectivity index (χ4v) is 2.77. The summed E-state index contributed by atoms with van der Waals surface area (Å²) in [6.07, 6.45) is 3.59. The van der Waals surface area contributed by atoms with Gasteiger partial charge >= 0.3 is 6.03 Å². The number of urea groups is 1. The highest BCUT2D eigenvalue weighted by molar-refractivity contribution is 5.74. The van der Waals surface area contributed by atoms with Gasteiger partial charge in [0.25, 0.3) is 0 Å². The van der Waals surface area contributed by atoms with Gasteiger partial charge < -0.3 is 20.1 Å². The zero-order chi connectivity index (χ0) is 17.6. The predicted molar refractivity (Wildman–Crippen MR) is 94.0 cm³/mol. The first-order valence-corrected chi connectivity index (χ1v) is 8.56. The van der Waals surface area contributed by atoms with E-state index in [4.69, 9.17) is 9.47 Å². The summed E-state index contributed by atoms with van der Waals surface area (Å²) < 4.78 is 11.1. The highest BCUT2D eigenvalue weighted by atomic mass is 16.6. The third-order valence-electron chi connectivity index (χ3n) is 4.26. The average molecular weight is 344 g/mol. The molecule has 2 heterocycles. The van der Waals surface area contributed by atoms with Gasteiger partial charge in [0.15, 0.2) is 11.5 Å². The summed E-state index contributed by atoms with van der Waals surface area (Å²) in [5.41, 5.74) is 3.25. The quantitative estimate of drug-likeness (QED) is 0.703. The molecule has 0 saturated carbocycles. The lowest BCUT2D eigenvalue weighted by Crippen LogP contribution is -2.37. The number of nitrogens with zero attached hydrogens (tertiary/aromatic N) is 1. The molecule has 0 saturated heterocycles. The van der Waals surface area contributed by atoms with Crippen molar-refractivity contribution in [1.82, 2.24) is 20.8 Å². The molecule has 2 aromatic rings. The predicted octanol–water partition coefficient (Wildman–Crippen LogP) is 2.48. The Morgan fingerprint density at radius 1 is 1.32 bits per heavy atom. The van der Waals surface area contributed by atoms with Crippen LogP contribution in [0.2, 0.25) is 0 Å². The number of ether oxygens (including phenoxy) is 2. The minimum absolute atomic E-state index is 0.119. The van der Waals surface area contributed by atoms with Crippen LogP contribution in [-0.4, -0.2) is 36.0 Å². The number of aromatic amines is 1. The number of hydrogen-bond donors (Lipinski definition) is 3. The van der Waals surface area contributed by atoms with Gasteiger partial charge in [-0.2, -0.15) is 5.10 Å². The number of aryl methyl sites for hydroxylation is 2. The lowest BCUT2D eigenvalue weighted by Gasteiger charge is -2.21. The van der Waals surface area contributed by atoms with E-state index in [1.165, 1.54) is 5.56 Å². The molecule has 0 spiro atoms. The van der Waals surface area contributed by atoms with E-state index in [-0.39, 0.29) is 12.1 Å². The Kier molecular flexibility index (Phi) is 5.42. The molecule has 2 amide bonds. The molecule has 0 aliphatic carbocycles. The molecule has 25 heavy (non-hydrogen) atoms. The SMILES string of the molecule is Cc1[nH]ncc1CCCNC(=O)N[C@H](C)c1ccc2c(c1)OCCO2. The Morgan fingerprint density at radius 2 is 2.12 bits per heavy atom. The van der Waals surface area contributed by atoms with E-state index < -0.39 is 0 Å². The number of carbonyl (C=O) groups is 1. The number of fused-ring (bicyclic) bond motifs is 1. The minimum Gasteiger partial charge on any atom is -0.486 e. The summed E-state index contributed by atoms with van der Waals surface area (Å²) in [5, 5.41) is 12.7. The highest BCUT2D eigenvalue weighted by Crippen LogP contribution is 2.32. The van der Waals surface area contributed by atoms with E-state index in [1.54, 1.807) is 0 Å². The van der Waals surface area contributed by atoms with E-state index >= 15 is 0 Å². The van der Waals surface area contributed by atoms with Crippen molar-refractivity contribution in [2.45, 2.75) is 32.7 Å². The number of carbonyl (C=O) groups excluding carboxylic acids is 1. The first kappa shape index (κ1) is 17.1. The van der Waals surface area contributed by atoms with Crippen molar-refractivity contribution in [2.24, 2.45) is 0 Å². The molecule has 1 aliphatic heterocycles. The number of H-pyrrole nitrogens is 1. The molecule has 3 N–H and O–H groups in total. The van der Waals surface area contributed by atoms with Gasteiger partial charge in [-0.3, -0.25) is 5.10 Å². The molecule has 1 atom stereocenters. The molecular weight excluding hydrogens is 320 g/mol. The van der Waals surface area contributed by atoms with Crippen LogP contribution < -0.4 is 20.1 Å². The lowest BCUT2D eigenvalue weighted by molar-refractivity contribution is 0.171. The maximum atomic E-state index is 12.0. The molecule has 0 fully saturated rings. The Morgan fingerprint density at radius 3 is 2.88 bits per heavy atom. The Balaban J connectivity index is 1.43. The van der Waals surface area contributed by atoms with Crippen molar-refractivity contribution in [2.75, 3.05) is 19.8 Å². The summed E-state index contributed by atoms with van der Waals surface area (Å²) in [5.74, 6) is 1.48. The summed E-state index contributed by atoms with van der Waals surface area (Å²) in [7, 11) is 0. The molecule has 1 aromatic heterocycles. The van der Waals surface area contributed by atoms with Gasteiger partial charge in [0.05, 0.1) is 12.2 Å². The summed E-state index contributed by atoms with van der Waals surface area (Å²) in [4.78, 5) is 12.0. The average Bonchev–Trinajstić information content (AvgIpc) is 3.03. The number of aromatic nitrogens is 2. The maximum Gasteiger partial charge on any atom is 0.315 e. The molecule has 134 valence electrons. The van der Waals surface area contributed by atoms with Crippen LogP contribution in [0.3, 0.4) is 0 Å². The van der Waals surface area contributed by atoms with Crippen molar-refractivity contribution in [3.05, 3.63) is 41.2 Å². The summed E-state index contributed by atoms with van der Waals surface area (Å²) in [6, 6.07) is 5.45. The molecule has 3 rings (SSSR count). The number of hydrogen-bond acceptors (Lipinski definition) is 4. The number of benzene rings is 1. The van der Waals surface area contributed by atoms with E-state index in [1.807, 2.05) is 38.2 Å². The van der Waals surface area contributed by atoms with Crippen molar-refractivity contribution in [3.63, 3.8) is 0 Å². The van der Waals surface area contributed by atoms with Crippen molar-refractivity contribution in [3.8, 4) is 11.5 Å². The molecule has 1 aromatic carbocycles. The first-order valence-electron chi connectivity index (χ1n) is 8.56. The molecular formula is C18H24N4O3. The van der Waals surface area contributed by atoms with Crippen LogP contribution in [0.1, 0.15) is 36.2 Å². The molecule has 0 radical (unpaired) electrons. The lowest BCUT2D eigenvalue weighted by atomic mass is 10.1. The van der Waals surface area contributed by atoms with Gasteiger partial charge in [-0.1, -0.05) is 6.07 Å². The van der Waals surface area contributed by atoms with Gasteiger partial charge in [-0.05, 0) is 49.9 Å². The Hall–Kier alpha value is -2.70. The normalized spacial score (nSPS) is 14.0. The number of amides is 2. The van der Waals surface area contributed by atoms with Crippen LogP contribution in [-0.2, 0) is 6.42 Å². The molecule has 0 bridgehead atoms. The van der Waals surface area contributed by atoms with E-state index in [9.17, 15) is 4.79 Å². The third-order valence-corrected chi connectivity index (χ3v) is 4.26. The van der Waals surface area contributed by atoms with Gasteiger partial charge in [-0.25, -0.2) is 4.79 Å². The third kappa shape index (κ3) is 4.43. The van der Waals surface area contributed by atoms with Crippen molar-refractivity contribution in [1.29, 1.82) is 0 Å². The zero-order valence-electron chi connectivity index (χ0n) is 14.6. The van der Waals surface area contributed by atoms with Gasteiger partial charge in [0, 0.05) is 12.2 Å². The number of nitrogens with one attached hydrogen (secondary N) is 3. The van der Waals surface area contributed by atoms with Gasteiger partial charge in [-0.15, -0.1) is 0 Å². The molecule has 0 unspecified atom stereocenters. The van der Waals surface area contributed by atoms with Crippen LogP contribution in [0, 0.1) is 6.92 Å². The van der Waals surface area contributed by atoms with E-state index in [0.717, 1.165) is 35.6 Å². The monoisotopic (exact) mass is 344 g/mol. The molecule has 7 heteroatoms. The molecule has 1 aliphatic rings. The second kappa shape index (κ2) is 7.92. The standard InChI is InChI=1S/C18H24N4O3/c1-12(14-5-6-16-17(10-14)25-9-8-24-16)21-18(23)19-7-3-4-15-11-20-22-13(15)2/h5-6,10-12H,3-4,7-9H2,1-2H3,(H,20,22)(H2,19,21,23)/t12-/m1/s1. The zero-order valence-corrected chi connectivity index (χ0v) is 14.6. The summed E-state index contributed by atoms with van der Waals surface area (Å²) >= 11 is 0. The second-order valence-corrected chi connectivity index (χ2v) is 6.15. The summed E-state index contributed by atoms with van der Waals surface area (Å²) in [6.45, 7) is 5.68. The minimum atomic E-state index is -0.175. The largest absolute Gasteiger partial charge is 0.486 e. The van der Waals surface area contributed by atoms with Crippen molar-refractivity contribution >= 4 is 6.03 Å². The van der Waals surface area contributed by atoms with Crippen LogP contribution in [0.25, 0.3) is 0 Å². The highest BCUT2D eigenvalue weighted by Gasteiger charge is 2.15. The van der Waals surface area contributed by atoms with Crippen LogP contribution >= 0.6 is 0 Å². The second-order valence-electron chi connectivity index (χ2n) is 6.15. The number of rotatable bonds is 6. The first-order chi connectivity index (χ1) is 12.1. The van der Waals surface area contributed by atoms with Crippen LogP contribution in [0.4, 0.5) is 4.79 Å². The Bertz CT molecular complexity index is 729. The van der Waals surface area contributed by atoms with Crippen LogP contribution in [0.15, 0.2) is 24.4 Å². The Labute approximate surface area is 147 Å². The smallest absolute Gasteiger partial charge is 0.315 e. The molecule has 7 nitrogen and oxygen atoms in total. The van der Waals surface area contributed by atoms with Crippen LogP contribution in [0.5, 0.6) is 11.5 Å². The van der Waals surface area contributed by atoms with Gasteiger partial charge in [0.2, 0.25) is 0 Å². The van der Waals surface area contributed by atoms with Crippen molar-refractivity contribution < 1.29 is 14.3 Å². The topological polar surface area (TPSA) is 88.3 Å². The van der Waals surface area contributed by atoms with E-state index in [0.29, 0.717) is 19.8 Å². The fourth-order valence-electron chi connectivity index (χ4n) is 2.77. The van der Waals surface area contributed by atoms with E-state index in [2.05, 4.69) is 20.8 Å².